The van der Waals surface area contributed by atoms with E-state index >= 15 is 0 Å². The largest absolute Gasteiger partial charge is 0.388 e. The third kappa shape index (κ3) is 1.26. The van der Waals surface area contributed by atoms with Crippen molar-refractivity contribution < 1.29 is 0 Å². The van der Waals surface area contributed by atoms with Crippen LogP contribution in [0.4, 0.5) is 5.00 Å². The van der Waals surface area contributed by atoms with Gasteiger partial charge in [0, 0.05) is 16.9 Å². The summed E-state index contributed by atoms with van der Waals surface area (Å²) in [6, 6.07) is 0. The average molecular weight is 157 g/mol. The smallest absolute Gasteiger partial charge is 0.131 e. The molecule has 3 nitrogen and oxygen atoms in total. The van der Waals surface area contributed by atoms with Crippen LogP contribution in [0.25, 0.3) is 0 Å². The maximum atomic E-state index is 5.62. The van der Waals surface area contributed by atoms with Crippen molar-refractivity contribution in [2.45, 2.75) is 26.2 Å². The van der Waals surface area contributed by atoms with Crippen LogP contribution in [-0.2, 0) is 5.41 Å². The predicted molar refractivity (Wildman–Crippen MR) is 43.0 cm³/mol. The Hall–Kier alpha value is -0.640. The maximum absolute atomic E-state index is 5.62. The Kier molecular flexibility index (Phi) is 1.64. The minimum atomic E-state index is 0.0249. The lowest BCUT2D eigenvalue weighted by Crippen LogP contribution is -2.13. The van der Waals surface area contributed by atoms with Gasteiger partial charge in [0.15, 0.2) is 0 Å². The van der Waals surface area contributed by atoms with Gasteiger partial charge in [-0.2, -0.15) is 0 Å². The lowest BCUT2D eigenvalue weighted by molar-refractivity contribution is 0.569. The number of anilines is 1. The van der Waals surface area contributed by atoms with E-state index < -0.39 is 0 Å². The normalized spacial score (nSPS) is 11.9. The van der Waals surface area contributed by atoms with Crippen molar-refractivity contribution in [1.29, 1.82) is 0 Å². The first-order valence-electron chi connectivity index (χ1n) is 3.10. The van der Waals surface area contributed by atoms with E-state index in [0.29, 0.717) is 0 Å². The van der Waals surface area contributed by atoms with Crippen LogP contribution in [0.3, 0.4) is 0 Å². The van der Waals surface area contributed by atoms with Crippen LogP contribution in [-0.4, -0.2) is 9.59 Å². The molecule has 1 aromatic heterocycles. The first-order chi connectivity index (χ1) is 4.52. The Balaban J connectivity index is 3.05. The van der Waals surface area contributed by atoms with Crippen LogP contribution in [0.1, 0.15) is 26.5 Å². The lowest BCUT2D eigenvalue weighted by Gasteiger charge is -2.14. The molecule has 0 unspecified atom stereocenters. The fourth-order valence-electron chi connectivity index (χ4n) is 0.717. The second kappa shape index (κ2) is 2.20. The van der Waals surface area contributed by atoms with Gasteiger partial charge in [0.25, 0.3) is 0 Å². The first-order valence-corrected chi connectivity index (χ1v) is 3.87. The van der Waals surface area contributed by atoms with Gasteiger partial charge in [-0.1, -0.05) is 25.3 Å². The van der Waals surface area contributed by atoms with Crippen molar-refractivity contribution in [1.82, 2.24) is 9.59 Å². The molecule has 2 N–H and O–H groups in total. The Morgan fingerprint density at radius 2 is 2.00 bits per heavy atom. The summed E-state index contributed by atoms with van der Waals surface area (Å²) >= 11 is 1.25. The molecule has 0 saturated heterocycles. The highest BCUT2D eigenvalue weighted by molar-refractivity contribution is 7.09. The molecular formula is C6H11N3S. The molecule has 0 radical (unpaired) electrons. The third-order valence-electron chi connectivity index (χ3n) is 1.22. The van der Waals surface area contributed by atoms with Crippen molar-refractivity contribution >= 4 is 16.5 Å². The van der Waals surface area contributed by atoms with Gasteiger partial charge in [0.1, 0.15) is 10.7 Å². The zero-order valence-corrected chi connectivity index (χ0v) is 7.20. The fraction of sp³-hybridized carbons (Fsp3) is 0.667. The summed E-state index contributed by atoms with van der Waals surface area (Å²) in [5, 5.41) is 4.66. The molecule has 0 aliphatic carbocycles. The Labute approximate surface area is 64.4 Å². The van der Waals surface area contributed by atoms with Gasteiger partial charge < -0.3 is 5.73 Å². The topological polar surface area (TPSA) is 51.8 Å². The summed E-state index contributed by atoms with van der Waals surface area (Å²) in [6.07, 6.45) is 0. The Bertz CT molecular complexity index is 223. The third-order valence-corrected chi connectivity index (χ3v) is 1.78. The van der Waals surface area contributed by atoms with E-state index in [9.17, 15) is 0 Å². The number of hydrogen-bond acceptors (Lipinski definition) is 4. The number of nitrogens with zero attached hydrogens (tertiary/aromatic N) is 2. The Morgan fingerprint density at radius 3 is 2.20 bits per heavy atom. The van der Waals surface area contributed by atoms with Crippen LogP contribution in [0.15, 0.2) is 0 Å². The van der Waals surface area contributed by atoms with Gasteiger partial charge >= 0.3 is 0 Å². The van der Waals surface area contributed by atoms with Crippen LogP contribution in [0, 0.1) is 0 Å². The van der Waals surface area contributed by atoms with Crippen molar-refractivity contribution in [3.8, 4) is 0 Å². The van der Waals surface area contributed by atoms with Crippen LogP contribution >= 0.6 is 11.5 Å². The summed E-state index contributed by atoms with van der Waals surface area (Å²) in [7, 11) is 0. The highest BCUT2D eigenvalue weighted by Gasteiger charge is 2.20. The standard InChI is InChI=1S/C6H11N3S/c1-6(2,3)4-5(7)10-9-8-4/h7H2,1-3H3. The van der Waals surface area contributed by atoms with Gasteiger partial charge in [-0.3, -0.25) is 0 Å². The summed E-state index contributed by atoms with van der Waals surface area (Å²) in [5.41, 5.74) is 6.55. The first kappa shape index (κ1) is 7.47. The number of nitrogen functional groups attached to an aromatic ring is 1. The van der Waals surface area contributed by atoms with Crippen LogP contribution in [0.2, 0.25) is 0 Å². The molecule has 0 saturated carbocycles. The Morgan fingerprint density at radius 1 is 1.40 bits per heavy atom. The van der Waals surface area contributed by atoms with E-state index in [-0.39, 0.29) is 5.41 Å². The molecule has 4 heteroatoms. The summed E-state index contributed by atoms with van der Waals surface area (Å²) < 4.78 is 3.75. The van der Waals surface area contributed by atoms with Crippen molar-refractivity contribution in [2.75, 3.05) is 5.73 Å². The minimum absolute atomic E-state index is 0.0249. The molecule has 0 aliphatic rings. The molecule has 0 aromatic carbocycles. The highest BCUT2D eigenvalue weighted by Crippen LogP contribution is 2.26. The van der Waals surface area contributed by atoms with Gasteiger partial charge in [0.05, 0.1) is 0 Å². The fourth-order valence-corrected chi connectivity index (χ4v) is 1.36. The van der Waals surface area contributed by atoms with Crippen molar-refractivity contribution in [3.05, 3.63) is 5.69 Å². The monoisotopic (exact) mass is 157 g/mol. The van der Waals surface area contributed by atoms with Crippen molar-refractivity contribution in [2.24, 2.45) is 0 Å². The van der Waals surface area contributed by atoms with E-state index in [1.807, 2.05) is 0 Å². The number of nitrogens with two attached hydrogens (primary N) is 1. The second-order valence-electron chi connectivity index (χ2n) is 3.24. The molecule has 1 heterocycles. The van der Waals surface area contributed by atoms with E-state index in [1.165, 1.54) is 11.5 Å². The molecule has 0 fully saturated rings. The van der Waals surface area contributed by atoms with Crippen molar-refractivity contribution in [3.63, 3.8) is 0 Å². The molecule has 1 aromatic rings. The van der Waals surface area contributed by atoms with Gasteiger partial charge in [-0.25, -0.2) is 0 Å². The molecule has 0 amide bonds. The van der Waals surface area contributed by atoms with Crippen LogP contribution < -0.4 is 5.73 Å². The van der Waals surface area contributed by atoms with E-state index in [0.717, 1.165) is 10.7 Å². The van der Waals surface area contributed by atoms with E-state index in [2.05, 4.69) is 30.4 Å². The number of rotatable bonds is 0. The molecule has 10 heavy (non-hydrogen) atoms. The van der Waals surface area contributed by atoms with Crippen LogP contribution in [0.5, 0.6) is 0 Å². The molecule has 1 rings (SSSR count). The second-order valence-corrected chi connectivity index (χ2v) is 4.02. The molecule has 0 spiro atoms. The van der Waals surface area contributed by atoms with Gasteiger partial charge in [-0.15, -0.1) is 5.10 Å². The van der Waals surface area contributed by atoms with Gasteiger partial charge in [0.2, 0.25) is 0 Å². The predicted octanol–water partition coefficient (Wildman–Crippen LogP) is 1.42. The molecular weight excluding hydrogens is 146 g/mol. The number of aromatic nitrogens is 2. The number of hydrogen-bond donors (Lipinski definition) is 1. The maximum Gasteiger partial charge on any atom is 0.131 e. The van der Waals surface area contributed by atoms with Gasteiger partial charge in [-0.05, 0) is 0 Å². The molecule has 56 valence electrons. The highest BCUT2D eigenvalue weighted by atomic mass is 32.1. The lowest BCUT2D eigenvalue weighted by atomic mass is 9.93. The quantitative estimate of drug-likeness (QED) is 0.619. The van der Waals surface area contributed by atoms with E-state index in [4.69, 9.17) is 5.73 Å². The summed E-state index contributed by atoms with van der Waals surface area (Å²) in [4.78, 5) is 0. The minimum Gasteiger partial charge on any atom is -0.388 e. The average Bonchev–Trinajstić information content (AvgIpc) is 2.11. The SMILES string of the molecule is CC(C)(C)c1nnsc1N. The molecule has 0 bridgehead atoms. The molecule has 0 aliphatic heterocycles. The zero-order chi connectivity index (χ0) is 7.78. The summed E-state index contributed by atoms with van der Waals surface area (Å²) in [5.74, 6) is 0. The zero-order valence-electron chi connectivity index (χ0n) is 6.38. The summed E-state index contributed by atoms with van der Waals surface area (Å²) in [6.45, 7) is 6.21. The molecule has 0 atom stereocenters. The van der Waals surface area contributed by atoms with E-state index in [1.54, 1.807) is 0 Å².